The first-order valence-corrected chi connectivity index (χ1v) is 2.23. The predicted molar refractivity (Wildman–Crippen MR) is 28.6 cm³/mol. The highest BCUT2D eigenvalue weighted by Crippen LogP contribution is 1.59. The van der Waals surface area contributed by atoms with Gasteiger partial charge in [0.2, 0.25) is 0 Å². The Hall–Kier alpha value is -0.440. The van der Waals surface area contributed by atoms with Crippen LogP contribution in [0.1, 0.15) is 6.92 Å². The minimum absolute atomic E-state index is 0.722. The van der Waals surface area contributed by atoms with Gasteiger partial charge in [0.15, 0.2) is 0 Å². The van der Waals surface area contributed by atoms with Gasteiger partial charge in [-0.2, -0.15) is 0 Å². The van der Waals surface area contributed by atoms with Gasteiger partial charge in [0.05, 0.1) is 0 Å². The molecule has 7 heavy (non-hydrogen) atoms. The van der Waals surface area contributed by atoms with Crippen LogP contribution >= 0.6 is 11.6 Å². The van der Waals surface area contributed by atoms with Gasteiger partial charge in [-0.25, -0.2) is 4.79 Å². The van der Waals surface area contributed by atoms with Crippen molar-refractivity contribution in [1.82, 2.24) is 0 Å². The zero-order valence-corrected chi connectivity index (χ0v) is 4.77. The van der Waals surface area contributed by atoms with Crippen LogP contribution in [0, 0.1) is 0 Å². The highest BCUT2D eigenvalue weighted by Gasteiger charge is 1.65. The fourth-order valence-corrected chi connectivity index (χ4v) is 0. The third kappa shape index (κ3) is 364. The summed E-state index contributed by atoms with van der Waals surface area (Å²) in [5, 5.41) is 7.19. The van der Waals surface area contributed by atoms with Crippen LogP contribution < -0.4 is 5.73 Å². The summed E-state index contributed by atoms with van der Waals surface area (Å²) in [6, 6.07) is 0. The standard InChI is InChI=1S/C2H5Cl.CH3NO2/c1-2-3;2-1(3)4/h2H2,1H3;2H2,(H,3,4). The van der Waals surface area contributed by atoms with Crippen molar-refractivity contribution in [2.75, 3.05) is 5.88 Å². The molecular formula is C3H8ClNO2. The smallest absolute Gasteiger partial charge is 0.402 e. The Balaban J connectivity index is 0. The molecule has 0 bridgehead atoms. The molecule has 0 aromatic carbocycles. The van der Waals surface area contributed by atoms with E-state index in [0.29, 0.717) is 0 Å². The Labute approximate surface area is 47.1 Å². The van der Waals surface area contributed by atoms with Crippen molar-refractivity contribution in [3.05, 3.63) is 0 Å². The van der Waals surface area contributed by atoms with Gasteiger partial charge in [0, 0.05) is 5.88 Å². The quantitative estimate of drug-likeness (QED) is 0.472. The number of nitrogens with two attached hydrogens (primary N) is 1. The highest BCUT2D eigenvalue weighted by atomic mass is 35.5. The van der Waals surface area contributed by atoms with Crippen molar-refractivity contribution < 1.29 is 9.90 Å². The summed E-state index contributed by atoms with van der Waals surface area (Å²) >= 11 is 5.00. The number of carboxylic acid groups (broad SMARTS) is 1. The van der Waals surface area contributed by atoms with Gasteiger partial charge in [-0.15, -0.1) is 11.6 Å². The lowest BCUT2D eigenvalue weighted by molar-refractivity contribution is 0.205. The number of halogens is 1. The Morgan fingerprint density at radius 3 is 2.00 bits per heavy atom. The second-order valence-corrected chi connectivity index (χ2v) is 1.14. The van der Waals surface area contributed by atoms with Gasteiger partial charge < -0.3 is 10.8 Å². The second-order valence-electron chi connectivity index (χ2n) is 0.605. The molecular weight excluding hydrogens is 117 g/mol. The summed E-state index contributed by atoms with van der Waals surface area (Å²) in [5.74, 6) is 0.722. The molecule has 0 aliphatic carbocycles. The van der Waals surface area contributed by atoms with Gasteiger partial charge in [0.1, 0.15) is 0 Å². The van der Waals surface area contributed by atoms with E-state index in [4.69, 9.17) is 21.5 Å². The maximum Gasteiger partial charge on any atom is 0.402 e. The molecule has 0 aliphatic rings. The SMILES string of the molecule is CCCl.NC(=O)O. The Morgan fingerprint density at radius 1 is 2.00 bits per heavy atom. The van der Waals surface area contributed by atoms with Crippen LogP contribution in [0.15, 0.2) is 0 Å². The fraction of sp³-hybridized carbons (Fsp3) is 0.667. The number of carbonyl (C=O) groups is 1. The van der Waals surface area contributed by atoms with Crippen LogP contribution in [-0.2, 0) is 0 Å². The van der Waals surface area contributed by atoms with Crippen molar-refractivity contribution in [2.45, 2.75) is 6.92 Å². The molecule has 0 fully saturated rings. The molecule has 0 saturated heterocycles. The number of rotatable bonds is 0. The van der Waals surface area contributed by atoms with Crippen molar-refractivity contribution in [1.29, 1.82) is 0 Å². The molecule has 0 aliphatic heterocycles. The van der Waals surface area contributed by atoms with E-state index in [9.17, 15) is 0 Å². The van der Waals surface area contributed by atoms with Gasteiger partial charge in [-0.3, -0.25) is 0 Å². The molecule has 0 atom stereocenters. The van der Waals surface area contributed by atoms with Crippen molar-refractivity contribution in [3.8, 4) is 0 Å². The number of hydrogen-bond donors (Lipinski definition) is 2. The van der Waals surface area contributed by atoms with E-state index in [1.165, 1.54) is 0 Å². The summed E-state index contributed by atoms with van der Waals surface area (Å²) in [7, 11) is 0. The molecule has 44 valence electrons. The minimum Gasteiger partial charge on any atom is -0.465 e. The van der Waals surface area contributed by atoms with Crippen LogP contribution in [0.5, 0.6) is 0 Å². The topological polar surface area (TPSA) is 63.3 Å². The van der Waals surface area contributed by atoms with Crippen molar-refractivity contribution in [2.24, 2.45) is 5.73 Å². The molecule has 0 radical (unpaired) electrons. The van der Waals surface area contributed by atoms with Gasteiger partial charge in [-0.05, 0) is 0 Å². The zero-order valence-electron chi connectivity index (χ0n) is 4.02. The molecule has 3 nitrogen and oxygen atoms in total. The predicted octanol–water partition coefficient (Wildman–Crippen LogP) is 0.868. The summed E-state index contributed by atoms with van der Waals surface area (Å²) in [6.07, 6.45) is -1.33. The maximum atomic E-state index is 8.78. The first kappa shape index (κ1) is 9.75. The Bertz CT molecular complexity index is 44.2. The van der Waals surface area contributed by atoms with Crippen LogP contribution in [-0.4, -0.2) is 17.1 Å². The number of alkyl halides is 1. The molecule has 1 amide bonds. The van der Waals surface area contributed by atoms with Crippen LogP contribution in [0.3, 0.4) is 0 Å². The second kappa shape index (κ2) is 9.12. The molecule has 3 N–H and O–H groups in total. The van der Waals surface area contributed by atoms with E-state index in [1.807, 2.05) is 6.92 Å². The van der Waals surface area contributed by atoms with Crippen LogP contribution in [0.4, 0.5) is 4.79 Å². The maximum absolute atomic E-state index is 8.78. The Morgan fingerprint density at radius 2 is 2.00 bits per heavy atom. The lowest BCUT2D eigenvalue weighted by atomic mass is 11.0. The molecule has 0 heterocycles. The first-order valence-electron chi connectivity index (χ1n) is 1.69. The van der Waals surface area contributed by atoms with E-state index < -0.39 is 6.09 Å². The number of amides is 1. The van der Waals surface area contributed by atoms with E-state index in [1.54, 1.807) is 0 Å². The van der Waals surface area contributed by atoms with E-state index in [2.05, 4.69) is 5.73 Å². The van der Waals surface area contributed by atoms with Crippen LogP contribution in [0.25, 0.3) is 0 Å². The number of hydrogen-bond acceptors (Lipinski definition) is 1. The summed E-state index contributed by atoms with van der Waals surface area (Å²) < 4.78 is 0. The minimum atomic E-state index is -1.33. The first-order chi connectivity index (χ1) is 3.15. The van der Waals surface area contributed by atoms with Crippen molar-refractivity contribution in [3.63, 3.8) is 0 Å². The lowest BCUT2D eigenvalue weighted by Crippen LogP contribution is -2.03. The zero-order chi connectivity index (χ0) is 6.28. The lowest BCUT2D eigenvalue weighted by Gasteiger charge is -1.61. The van der Waals surface area contributed by atoms with E-state index >= 15 is 0 Å². The molecule has 4 heteroatoms. The molecule has 0 spiro atoms. The molecule has 0 aromatic heterocycles. The summed E-state index contributed by atoms with van der Waals surface area (Å²) in [6.45, 7) is 1.89. The molecule has 0 rings (SSSR count). The normalized spacial score (nSPS) is 6.00. The monoisotopic (exact) mass is 125 g/mol. The van der Waals surface area contributed by atoms with Crippen molar-refractivity contribution >= 4 is 17.7 Å². The molecule has 0 saturated carbocycles. The Kier molecular flexibility index (Phi) is 12.7. The third-order valence-electron chi connectivity index (χ3n) is 0. The number of primary amides is 1. The van der Waals surface area contributed by atoms with Crippen LogP contribution in [0.2, 0.25) is 0 Å². The van der Waals surface area contributed by atoms with Gasteiger partial charge >= 0.3 is 6.09 Å². The van der Waals surface area contributed by atoms with Gasteiger partial charge in [0.25, 0.3) is 0 Å². The fourth-order valence-electron chi connectivity index (χ4n) is 0. The van der Waals surface area contributed by atoms with E-state index in [0.717, 1.165) is 5.88 Å². The van der Waals surface area contributed by atoms with Gasteiger partial charge in [-0.1, -0.05) is 6.92 Å². The third-order valence-corrected chi connectivity index (χ3v) is 0. The van der Waals surface area contributed by atoms with E-state index in [-0.39, 0.29) is 0 Å². The summed E-state index contributed by atoms with van der Waals surface area (Å²) in [4.78, 5) is 8.78. The average molecular weight is 126 g/mol. The summed E-state index contributed by atoms with van der Waals surface area (Å²) in [5.41, 5.74) is 4.03. The highest BCUT2D eigenvalue weighted by molar-refractivity contribution is 6.17. The molecule has 0 aromatic rings. The molecule has 0 unspecified atom stereocenters. The average Bonchev–Trinajstić information content (AvgIpc) is 1.33. The largest absolute Gasteiger partial charge is 0.465 e.